The Morgan fingerprint density at radius 2 is 1.96 bits per heavy atom. The van der Waals surface area contributed by atoms with Crippen LogP contribution in [0, 0.1) is 5.92 Å². The van der Waals surface area contributed by atoms with E-state index in [2.05, 4.69) is 17.3 Å². The molecule has 0 spiro atoms. The fourth-order valence-corrected chi connectivity index (χ4v) is 3.56. The first kappa shape index (κ1) is 17.3. The summed E-state index contributed by atoms with van der Waals surface area (Å²) < 4.78 is 1.32. The van der Waals surface area contributed by atoms with E-state index < -0.39 is 11.9 Å². The van der Waals surface area contributed by atoms with Crippen molar-refractivity contribution >= 4 is 17.8 Å². The standard InChI is InChI=1S/C19H20N4O4/c1-11-7-15(11)22-10-12(8-17(22)24)20-18(25)16-9-14(19(26)27)21-23(16)13-5-3-2-4-6-13/h2-6,9,11-12,15H,7-8,10H2,1H3,(H,20,25)(H,26,27). The van der Waals surface area contributed by atoms with Crippen molar-refractivity contribution in [2.24, 2.45) is 5.92 Å². The average Bonchev–Trinajstić information content (AvgIpc) is 3.06. The molecule has 1 aromatic heterocycles. The predicted molar refractivity (Wildman–Crippen MR) is 95.7 cm³/mol. The zero-order valence-corrected chi connectivity index (χ0v) is 14.8. The van der Waals surface area contributed by atoms with Crippen LogP contribution in [0.4, 0.5) is 0 Å². The van der Waals surface area contributed by atoms with Gasteiger partial charge in [0, 0.05) is 25.1 Å². The molecule has 2 amide bonds. The molecule has 1 aromatic carbocycles. The van der Waals surface area contributed by atoms with Crippen LogP contribution in [-0.4, -0.2) is 56.2 Å². The van der Waals surface area contributed by atoms with E-state index in [0.717, 1.165) is 6.42 Å². The molecule has 2 heterocycles. The van der Waals surface area contributed by atoms with Crippen molar-refractivity contribution in [1.82, 2.24) is 20.0 Å². The number of hydrogen-bond donors (Lipinski definition) is 2. The number of carboxylic acids is 1. The Labute approximate surface area is 155 Å². The molecule has 2 N–H and O–H groups in total. The smallest absolute Gasteiger partial charge is 0.356 e. The van der Waals surface area contributed by atoms with Crippen molar-refractivity contribution in [2.45, 2.75) is 31.8 Å². The van der Waals surface area contributed by atoms with Crippen molar-refractivity contribution in [3.05, 3.63) is 47.8 Å². The van der Waals surface area contributed by atoms with Crippen LogP contribution in [0.1, 0.15) is 40.7 Å². The normalized spacial score (nSPS) is 24.1. The molecule has 2 fully saturated rings. The summed E-state index contributed by atoms with van der Waals surface area (Å²) >= 11 is 0. The Hall–Kier alpha value is -3.16. The number of aromatic nitrogens is 2. The monoisotopic (exact) mass is 368 g/mol. The van der Waals surface area contributed by atoms with Crippen LogP contribution in [0.5, 0.6) is 0 Å². The van der Waals surface area contributed by atoms with Gasteiger partial charge in [-0.15, -0.1) is 0 Å². The molecule has 0 radical (unpaired) electrons. The summed E-state index contributed by atoms with van der Waals surface area (Å²) in [6.07, 6.45) is 1.27. The highest BCUT2D eigenvalue weighted by atomic mass is 16.4. The van der Waals surface area contributed by atoms with E-state index in [1.54, 1.807) is 24.3 Å². The van der Waals surface area contributed by atoms with Gasteiger partial charge in [0.2, 0.25) is 5.91 Å². The number of hydrogen-bond acceptors (Lipinski definition) is 4. The van der Waals surface area contributed by atoms with Crippen LogP contribution in [-0.2, 0) is 4.79 Å². The number of aromatic carboxylic acids is 1. The lowest BCUT2D eigenvalue weighted by Crippen LogP contribution is -2.38. The lowest BCUT2D eigenvalue weighted by molar-refractivity contribution is -0.128. The molecular weight excluding hydrogens is 348 g/mol. The molecule has 1 saturated heterocycles. The van der Waals surface area contributed by atoms with E-state index in [9.17, 15) is 19.5 Å². The largest absolute Gasteiger partial charge is 0.476 e. The third-order valence-electron chi connectivity index (χ3n) is 5.12. The zero-order chi connectivity index (χ0) is 19.1. The lowest BCUT2D eigenvalue weighted by Gasteiger charge is -2.17. The molecule has 1 saturated carbocycles. The number of likely N-dealkylation sites (tertiary alicyclic amines) is 1. The van der Waals surface area contributed by atoms with Crippen LogP contribution < -0.4 is 5.32 Å². The summed E-state index contributed by atoms with van der Waals surface area (Å²) in [6, 6.07) is 10.1. The average molecular weight is 368 g/mol. The molecule has 0 bridgehead atoms. The van der Waals surface area contributed by atoms with Gasteiger partial charge in [-0.2, -0.15) is 5.10 Å². The minimum Gasteiger partial charge on any atom is -0.476 e. The molecule has 4 rings (SSSR count). The van der Waals surface area contributed by atoms with Gasteiger partial charge in [-0.05, 0) is 24.5 Å². The Kier molecular flexibility index (Phi) is 4.18. The van der Waals surface area contributed by atoms with Gasteiger partial charge in [-0.1, -0.05) is 25.1 Å². The summed E-state index contributed by atoms with van der Waals surface area (Å²) in [4.78, 5) is 38.1. The molecule has 140 valence electrons. The van der Waals surface area contributed by atoms with Crippen LogP contribution in [0.15, 0.2) is 36.4 Å². The van der Waals surface area contributed by atoms with Crippen LogP contribution in [0.25, 0.3) is 5.69 Å². The highest BCUT2D eigenvalue weighted by molar-refractivity contribution is 5.97. The third kappa shape index (κ3) is 3.30. The van der Waals surface area contributed by atoms with Gasteiger partial charge in [0.1, 0.15) is 5.69 Å². The number of nitrogens with one attached hydrogen (secondary N) is 1. The number of para-hydroxylation sites is 1. The van der Waals surface area contributed by atoms with E-state index in [4.69, 9.17) is 0 Å². The lowest BCUT2D eigenvalue weighted by atomic mass is 10.2. The van der Waals surface area contributed by atoms with Gasteiger partial charge >= 0.3 is 5.97 Å². The number of benzene rings is 1. The SMILES string of the molecule is CC1CC1N1CC(NC(=O)c2cc(C(=O)O)nn2-c2ccccc2)CC1=O. The fraction of sp³-hybridized carbons (Fsp3) is 0.368. The molecule has 1 aliphatic carbocycles. The topological polar surface area (TPSA) is 105 Å². The van der Waals surface area contributed by atoms with Gasteiger partial charge in [0.15, 0.2) is 5.69 Å². The zero-order valence-electron chi connectivity index (χ0n) is 14.8. The van der Waals surface area contributed by atoms with Gasteiger partial charge in [0.25, 0.3) is 5.91 Å². The minimum atomic E-state index is -1.20. The van der Waals surface area contributed by atoms with Crippen LogP contribution in [0.3, 0.4) is 0 Å². The van der Waals surface area contributed by atoms with E-state index in [1.807, 2.05) is 11.0 Å². The van der Waals surface area contributed by atoms with Crippen molar-refractivity contribution in [3.8, 4) is 5.69 Å². The Balaban J connectivity index is 1.55. The van der Waals surface area contributed by atoms with Gasteiger partial charge in [-0.25, -0.2) is 9.48 Å². The molecule has 1 aliphatic heterocycles. The second-order valence-electron chi connectivity index (χ2n) is 7.17. The van der Waals surface area contributed by atoms with Crippen LogP contribution >= 0.6 is 0 Å². The van der Waals surface area contributed by atoms with Gasteiger partial charge < -0.3 is 15.3 Å². The second kappa shape index (κ2) is 6.53. The Morgan fingerprint density at radius 1 is 1.26 bits per heavy atom. The van der Waals surface area contributed by atoms with E-state index >= 15 is 0 Å². The molecular formula is C19H20N4O4. The van der Waals surface area contributed by atoms with Crippen molar-refractivity contribution in [1.29, 1.82) is 0 Å². The first-order valence-electron chi connectivity index (χ1n) is 8.93. The van der Waals surface area contributed by atoms with Crippen LogP contribution in [0.2, 0.25) is 0 Å². The molecule has 3 atom stereocenters. The third-order valence-corrected chi connectivity index (χ3v) is 5.12. The first-order valence-corrected chi connectivity index (χ1v) is 8.93. The number of carbonyl (C=O) groups excluding carboxylic acids is 2. The Morgan fingerprint density at radius 3 is 2.59 bits per heavy atom. The van der Waals surface area contributed by atoms with Crippen molar-refractivity contribution < 1.29 is 19.5 Å². The summed E-state index contributed by atoms with van der Waals surface area (Å²) in [7, 11) is 0. The second-order valence-corrected chi connectivity index (χ2v) is 7.17. The first-order chi connectivity index (χ1) is 12.9. The maximum atomic E-state index is 12.8. The Bertz CT molecular complexity index is 908. The minimum absolute atomic E-state index is 0.0532. The maximum Gasteiger partial charge on any atom is 0.356 e. The maximum absolute atomic E-state index is 12.8. The summed E-state index contributed by atoms with van der Waals surface area (Å²) in [5, 5.41) is 16.1. The molecule has 27 heavy (non-hydrogen) atoms. The number of rotatable bonds is 5. The number of amides is 2. The van der Waals surface area contributed by atoms with E-state index in [0.29, 0.717) is 18.2 Å². The predicted octanol–water partition coefficient (Wildman–Crippen LogP) is 1.31. The van der Waals surface area contributed by atoms with E-state index in [-0.39, 0.29) is 35.8 Å². The quantitative estimate of drug-likeness (QED) is 0.828. The van der Waals surface area contributed by atoms with Gasteiger partial charge in [0.05, 0.1) is 11.7 Å². The van der Waals surface area contributed by atoms with Crippen molar-refractivity contribution in [2.75, 3.05) is 6.54 Å². The summed E-state index contributed by atoms with van der Waals surface area (Å²) in [6.45, 7) is 2.60. The highest BCUT2D eigenvalue weighted by Crippen LogP contribution is 2.37. The molecule has 8 nitrogen and oxygen atoms in total. The van der Waals surface area contributed by atoms with E-state index in [1.165, 1.54) is 10.7 Å². The number of carbonyl (C=O) groups is 3. The molecule has 3 unspecified atom stereocenters. The molecule has 8 heteroatoms. The molecule has 2 aliphatic rings. The highest BCUT2D eigenvalue weighted by Gasteiger charge is 2.45. The number of nitrogens with zero attached hydrogens (tertiary/aromatic N) is 3. The van der Waals surface area contributed by atoms with Gasteiger partial charge in [-0.3, -0.25) is 9.59 Å². The summed E-state index contributed by atoms with van der Waals surface area (Å²) in [5.74, 6) is -1.08. The fourth-order valence-electron chi connectivity index (χ4n) is 3.56. The molecule has 2 aromatic rings. The number of carboxylic acid groups (broad SMARTS) is 1. The van der Waals surface area contributed by atoms with Crippen molar-refractivity contribution in [3.63, 3.8) is 0 Å². The summed E-state index contributed by atoms with van der Waals surface area (Å²) in [5.41, 5.74) is 0.510.